The molecular formula is C38H24BN4Pt-3. The van der Waals surface area contributed by atoms with Crippen molar-refractivity contribution in [2.45, 2.75) is 0 Å². The van der Waals surface area contributed by atoms with Gasteiger partial charge in [-0.2, -0.15) is 17.6 Å². The number of anilines is 4. The van der Waals surface area contributed by atoms with Gasteiger partial charge in [-0.1, -0.05) is 72.3 Å². The van der Waals surface area contributed by atoms with Crippen LogP contribution in [0.25, 0.3) is 33.5 Å². The van der Waals surface area contributed by atoms with E-state index >= 15 is 0 Å². The molecule has 0 N–H and O–H groups in total. The Hall–Kier alpha value is -4.86. The van der Waals surface area contributed by atoms with Crippen LogP contribution in [-0.4, -0.2) is 11.8 Å². The predicted octanol–water partition coefficient (Wildman–Crippen LogP) is 7.17. The molecule has 9 rings (SSSR count). The zero-order chi connectivity index (χ0) is 28.3. The summed E-state index contributed by atoms with van der Waals surface area (Å²) >= 11 is 0. The molecule has 0 aliphatic carbocycles. The molecule has 0 spiro atoms. The van der Waals surface area contributed by atoms with Crippen LogP contribution in [0, 0.1) is 18.8 Å². The number of nitrogens with zero attached hydrogens (tertiary/aromatic N) is 4. The molecule has 4 nitrogen and oxygen atoms in total. The number of benzene rings is 5. The Labute approximate surface area is 272 Å². The van der Waals surface area contributed by atoms with Crippen molar-refractivity contribution in [2.75, 3.05) is 14.6 Å². The van der Waals surface area contributed by atoms with E-state index in [0.29, 0.717) is 0 Å². The van der Waals surface area contributed by atoms with E-state index in [1.807, 2.05) is 24.4 Å². The second kappa shape index (κ2) is 10.7. The fourth-order valence-electron chi connectivity index (χ4n) is 6.62. The number of aromatic nitrogens is 1. The van der Waals surface area contributed by atoms with Crippen LogP contribution in [0.4, 0.5) is 22.7 Å². The van der Waals surface area contributed by atoms with E-state index in [1.54, 1.807) is 0 Å². The molecule has 0 bridgehead atoms. The van der Waals surface area contributed by atoms with Gasteiger partial charge in [-0.15, -0.1) is 58.8 Å². The van der Waals surface area contributed by atoms with Gasteiger partial charge in [0, 0.05) is 44.3 Å². The van der Waals surface area contributed by atoms with Crippen LogP contribution < -0.4 is 25.5 Å². The number of para-hydroxylation sites is 3. The fraction of sp³-hybridized carbons (Fsp3) is 0. The van der Waals surface area contributed by atoms with E-state index in [1.165, 1.54) is 33.6 Å². The molecule has 0 saturated carbocycles. The van der Waals surface area contributed by atoms with Gasteiger partial charge in [-0.25, -0.2) is 0 Å². The van der Waals surface area contributed by atoms with Gasteiger partial charge >= 0.3 is 0 Å². The number of fused-ring (bicyclic) bond motifs is 11. The van der Waals surface area contributed by atoms with Crippen LogP contribution >= 0.6 is 0 Å². The maximum atomic E-state index is 4.65. The molecule has 6 heteroatoms. The smallest absolute Gasteiger partial charge is 0.285 e. The van der Waals surface area contributed by atoms with Gasteiger partial charge in [0.25, 0.3) is 6.85 Å². The van der Waals surface area contributed by atoms with Crippen LogP contribution in [0.2, 0.25) is 0 Å². The summed E-state index contributed by atoms with van der Waals surface area (Å²) in [5.74, 6) is 0. The summed E-state index contributed by atoms with van der Waals surface area (Å²) in [7, 11) is 0. The van der Waals surface area contributed by atoms with Crippen molar-refractivity contribution in [1.29, 1.82) is 0 Å². The van der Waals surface area contributed by atoms with Crippen molar-refractivity contribution in [3.05, 3.63) is 159 Å². The summed E-state index contributed by atoms with van der Waals surface area (Å²) in [5, 5.41) is 0. The SMILES string of the molecule is [Pt].[c-]1c(-c2ccccn2)ccc2c1B1c3[c-]c(N4C=CN(c5ccccc5)[CH-]4)ccc3-c3ccccc3N1c1ccccc1-2. The van der Waals surface area contributed by atoms with E-state index in [-0.39, 0.29) is 27.9 Å². The molecule has 44 heavy (non-hydrogen) atoms. The largest absolute Gasteiger partial charge is 0.500 e. The monoisotopic (exact) mass is 742 g/mol. The molecule has 4 heterocycles. The van der Waals surface area contributed by atoms with Gasteiger partial charge in [0.2, 0.25) is 0 Å². The molecule has 0 unspecified atom stereocenters. The molecule has 6 aromatic rings. The third-order valence-corrected chi connectivity index (χ3v) is 8.56. The molecule has 0 fully saturated rings. The molecule has 1 aromatic heterocycles. The summed E-state index contributed by atoms with van der Waals surface area (Å²) < 4.78 is 0. The maximum absolute atomic E-state index is 4.65. The first-order valence-electron chi connectivity index (χ1n) is 14.5. The Morgan fingerprint density at radius 3 is 1.93 bits per heavy atom. The molecule has 3 aliphatic heterocycles. The van der Waals surface area contributed by atoms with E-state index in [4.69, 9.17) is 0 Å². The second-order valence-electron chi connectivity index (χ2n) is 11.0. The fourth-order valence-corrected chi connectivity index (χ4v) is 6.62. The minimum absolute atomic E-state index is 0. The van der Waals surface area contributed by atoms with E-state index in [0.717, 1.165) is 33.6 Å². The molecule has 5 aromatic carbocycles. The molecule has 3 aliphatic rings. The zero-order valence-corrected chi connectivity index (χ0v) is 25.8. The van der Waals surface area contributed by atoms with Gasteiger partial charge in [-0.3, -0.25) is 0 Å². The zero-order valence-electron chi connectivity index (χ0n) is 23.5. The van der Waals surface area contributed by atoms with Gasteiger partial charge in [0.15, 0.2) is 0 Å². The van der Waals surface area contributed by atoms with Crippen molar-refractivity contribution in [3.63, 3.8) is 0 Å². The minimum Gasteiger partial charge on any atom is -0.500 e. The van der Waals surface area contributed by atoms with Crippen molar-refractivity contribution >= 4 is 40.5 Å². The first-order chi connectivity index (χ1) is 21.3. The minimum atomic E-state index is -0.102. The molecular weight excluding hydrogens is 718 g/mol. The molecule has 0 radical (unpaired) electrons. The van der Waals surface area contributed by atoms with Crippen LogP contribution in [0.1, 0.15) is 0 Å². The Balaban J connectivity index is 0.00000289. The van der Waals surface area contributed by atoms with Gasteiger partial charge < -0.3 is 19.6 Å². The van der Waals surface area contributed by atoms with Gasteiger partial charge in [0.05, 0.1) is 0 Å². The van der Waals surface area contributed by atoms with Crippen molar-refractivity contribution in [3.8, 4) is 33.5 Å². The summed E-state index contributed by atoms with van der Waals surface area (Å²) in [5.41, 5.74) is 13.5. The van der Waals surface area contributed by atoms with Crippen molar-refractivity contribution in [2.24, 2.45) is 0 Å². The Bertz CT molecular complexity index is 2050. The normalized spacial score (nSPS) is 13.8. The van der Waals surface area contributed by atoms with Gasteiger partial charge in [-0.05, 0) is 54.0 Å². The Kier molecular flexibility index (Phi) is 6.50. The molecule has 0 atom stereocenters. The van der Waals surface area contributed by atoms with Crippen LogP contribution in [-0.2, 0) is 21.1 Å². The second-order valence-corrected chi connectivity index (χ2v) is 11.0. The summed E-state index contributed by atoms with van der Waals surface area (Å²) in [4.78, 5) is 11.4. The van der Waals surface area contributed by atoms with E-state index < -0.39 is 0 Å². The number of pyridine rings is 1. The first kappa shape index (κ1) is 26.7. The third-order valence-electron chi connectivity index (χ3n) is 8.56. The summed E-state index contributed by atoms with van der Waals surface area (Å²) in [6.07, 6.45) is 6.02. The summed E-state index contributed by atoms with van der Waals surface area (Å²) in [6.45, 7) is 2.01. The Morgan fingerprint density at radius 2 is 1.20 bits per heavy atom. The van der Waals surface area contributed by atoms with Gasteiger partial charge in [0.1, 0.15) is 0 Å². The van der Waals surface area contributed by atoms with Crippen molar-refractivity contribution in [1.82, 2.24) is 4.98 Å². The average Bonchev–Trinajstić information content (AvgIpc) is 3.59. The maximum Gasteiger partial charge on any atom is 0.285 e. The Morgan fingerprint density at radius 1 is 0.568 bits per heavy atom. The van der Waals surface area contributed by atoms with Crippen LogP contribution in [0.5, 0.6) is 0 Å². The van der Waals surface area contributed by atoms with Crippen molar-refractivity contribution < 1.29 is 21.1 Å². The predicted molar refractivity (Wildman–Crippen MR) is 177 cm³/mol. The standard InChI is InChI=1S/C38H24BN4.Pt/c1-2-10-28(11-3-1)41-22-23-42(26-41)29-18-20-31-33-13-5-7-16-38(33)43-37-15-6-4-12-32(37)30-19-17-27(36-14-8-9-21-40-36)24-34(30)39(43)35(31)25-29;/h1-23,26H;/q-3;. The third kappa shape index (κ3) is 4.15. The first-order valence-corrected chi connectivity index (χ1v) is 14.5. The molecule has 212 valence electrons. The van der Waals surface area contributed by atoms with Crippen LogP contribution in [0.3, 0.4) is 0 Å². The average molecular weight is 743 g/mol. The molecule has 0 saturated heterocycles. The quantitative estimate of drug-likeness (QED) is 0.142. The number of hydrogen-bond acceptors (Lipinski definition) is 4. The van der Waals surface area contributed by atoms with E-state index in [9.17, 15) is 0 Å². The number of rotatable bonds is 3. The molecule has 0 amide bonds. The topological polar surface area (TPSA) is 22.6 Å². The van der Waals surface area contributed by atoms with E-state index in [2.05, 4.69) is 154 Å². The van der Waals surface area contributed by atoms with Crippen LogP contribution in [0.15, 0.2) is 140 Å². The number of hydrogen-bond donors (Lipinski definition) is 0. The summed E-state index contributed by atoms with van der Waals surface area (Å²) in [6, 6.07) is 50.4.